The Balaban J connectivity index is 0.00000240. The second kappa shape index (κ2) is 8.42. The first-order chi connectivity index (χ1) is 13.4. The molecule has 4 heterocycles. The van der Waals surface area contributed by atoms with E-state index in [-0.39, 0.29) is 13.3 Å². The Labute approximate surface area is 181 Å². The fourth-order valence-electron chi connectivity index (χ4n) is 3.80. The third-order valence-electron chi connectivity index (χ3n) is 5.38. The summed E-state index contributed by atoms with van der Waals surface area (Å²) >= 11 is 7.98. The summed E-state index contributed by atoms with van der Waals surface area (Å²) in [6, 6.07) is 0. The van der Waals surface area contributed by atoms with Crippen molar-refractivity contribution in [3.8, 4) is 11.1 Å². The van der Waals surface area contributed by atoms with Gasteiger partial charge in [0, 0.05) is 49.4 Å². The molecule has 0 aliphatic carbocycles. The number of hydrogen-bond donors (Lipinski definition) is 0. The lowest BCUT2D eigenvalue weighted by Crippen LogP contribution is -2.34. The van der Waals surface area contributed by atoms with Gasteiger partial charge in [0.25, 0.3) is 5.91 Å². The maximum atomic E-state index is 13.5. The average Bonchev–Trinajstić information content (AvgIpc) is 3.18. The fraction of sp³-hybridized carbons (Fsp3) is 0.476. The van der Waals surface area contributed by atoms with Crippen LogP contribution in [0.15, 0.2) is 12.4 Å². The normalized spacial score (nSPS) is 15.4. The van der Waals surface area contributed by atoms with Crippen LogP contribution >= 0.6 is 22.9 Å². The van der Waals surface area contributed by atoms with Gasteiger partial charge in [-0.3, -0.25) is 9.48 Å². The maximum Gasteiger partial charge on any atom is 0.264 e. The van der Waals surface area contributed by atoms with Crippen LogP contribution in [0.5, 0.6) is 0 Å². The highest BCUT2D eigenvalue weighted by Gasteiger charge is 2.28. The Morgan fingerprint density at radius 2 is 1.93 bits per heavy atom. The number of hydrogen-bond acceptors (Lipinski definition) is 5. The molecule has 0 spiro atoms. The van der Waals surface area contributed by atoms with Crippen molar-refractivity contribution in [1.29, 1.82) is 0 Å². The number of amides is 1. The summed E-state index contributed by atoms with van der Waals surface area (Å²) in [5, 5.41) is 5.94. The van der Waals surface area contributed by atoms with Gasteiger partial charge in [0.2, 0.25) is 0 Å². The minimum atomic E-state index is 0. The molecule has 6 nitrogen and oxygen atoms in total. The van der Waals surface area contributed by atoms with Crippen LogP contribution in [-0.4, -0.2) is 63.7 Å². The van der Waals surface area contributed by atoms with Crippen molar-refractivity contribution in [3.63, 3.8) is 0 Å². The lowest BCUT2D eigenvalue weighted by atomic mass is 10.0. The summed E-state index contributed by atoms with van der Waals surface area (Å²) in [6.45, 7) is 7.33. The molecule has 3 aromatic heterocycles. The molecular weight excluding hydrogens is 406 g/mol. The van der Waals surface area contributed by atoms with Gasteiger partial charge in [0.15, 0.2) is 0 Å². The number of pyridine rings is 1. The zero-order chi connectivity index (χ0) is 20.0. The van der Waals surface area contributed by atoms with Crippen LogP contribution in [0, 0.1) is 13.8 Å². The molecule has 1 amide bonds. The number of carbonyl (C=O) groups excluding carboxylic acids is 1. The topological polar surface area (TPSA) is 54.3 Å². The Kier molecular flexibility index (Phi) is 6.31. The number of rotatable bonds is 2. The van der Waals surface area contributed by atoms with Crippen molar-refractivity contribution < 1.29 is 4.79 Å². The molecule has 1 fully saturated rings. The summed E-state index contributed by atoms with van der Waals surface area (Å²) in [7, 11) is 3.99. The highest BCUT2D eigenvalue weighted by atomic mass is 35.5. The first-order valence-electron chi connectivity index (χ1n) is 9.43. The smallest absolute Gasteiger partial charge is 0.264 e. The van der Waals surface area contributed by atoms with E-state index in [4.69, 9.17) is 11.6 Å². The van der Waals surface area contributed by atoms with Gasteiger partial charge >= 0.3 is 0 Å². The summed E-state index contributed by atoms with van der Waals surface area (Å²) in [6.07, 6.45) is 4.74. The van der Waals surface area contributed by atoms with Crippen molar-refractivity contribution in [3.05, 3.63) is 33.6 Å². The molecule has 8 heteroatoms. The maximum absolute atomic E-state index is 13.5. The minimum Gasteiger partial charge on any atom is -0.337 e. The van der Waals surface area contributed by atoms with Gasteiger partial charge in [-0.25, -0.2) is 4.98 Å². The first kappa shape index (κ1) is 21.7. The molecule has 156 valence electrons. The summed E-state index contributed by atoms with van der Waals surface area (Å²) in [5.41, 5.74) is 3.59. The SMILES string of the molecule is C.Cc1nc2sc(C(=O)N3CCCN(C)CC3)c(-c3cnn(C)c3)c2c(C)c1Cl. The van der Waals surface area contributed by atoms with Crippen LogP contribution < -0.4 is 0 Å². The van der Waals surface area contributed by atoms with E-state index in [2.05, 4.69) is 22.0 Å². The number of likely N-dealkylation sites (N-methyl/N-ethyl adjacent to an activating group) is 1. The monoisotopic (exact) mass is 433 g/mol. The predicted molar refractivity (Wildman–Crippen MR) is 121 cm³/mol. The molecule has 0 unspecified atom stereocenters. The van der Waals surface area contributed by atoms with Gasteiger partial charge in [-0.15, -0.1) is 11.3 Å². The summed E-state index contributed by atoms with van der Waals surface area (Å²) < 4.78 is 1.76. The quantitative estimate of drug-likeness (QED) is 0.601. The van der Waals surface area contributed by atoms with Crippen molar-refractivity contribution >= 4 is 39.1 Å². The van der Waals surface area contributed by atoms with E-state index in [1.165, 1.54) is 11.3 Å². The molecule has 1 saturated heterocycles. The van der Waals surface area contributed by atoms with Crippen molar-refractivity contribution in [2.75, 3.05) is 33.2 Å². The third kappa shape index (κ3) is 3.91. The highest BCUT2D eigenvalue weighted by Crippen LogP contribution is 2.42. The Hall–Kier alpha value is -1.96. The molecule has 1 aliphatic rings. The van der Waals surface area contributed by atoms with E-state index >= 15 is 0 Å². The number of fused-ring (bicyclic) bond motifs is 1. The predicted octanol–water partition coefficient (Wildman–Crippen LogP) is 4.38. The van der Waals surface area contributed by atoms with Gasteiger partial charge in [0.1, 0.15) is 9.71 Å². The molecule has 0 aromatic carbocycles. The van der Waals surface area contributed by atoms with Crippen LogP contribution in [0.1, 0.15) is 34.8 Å². The summed E-state index contributed by atoms with van der Waals surface area (Å²) in [4.78, 5) is 24.1. The largest absolute Gasteiger partial charge is 0.337 e. The molecule has 0 radical (unpaired) electrons. The number of aromatic nitrogens is 3. The van der Waals surface area contributed by atoms with E-state index in [9.17, 15) is 4.79 Å². The lowest BCUT2D eigenvalue weighted by Gasteiger charge is -2.20. The van der Waals surface area contributed by atoms with Gasteiger partial charge < -0.3 is 9.80 Å². The Morgan fingerprint density at radius 3 is 2.62 bits per heavy atom. The molecule has 0 N–H and O–H groups in total. The third-order valence-corrected chi connectivity index (χ3v) is 7.00. The van der Waals surface area contributed by atoms with Crippen LogP contribution in [0.3, 0.4) is 0 Å². The van der Waals surface area contributed by atoms with E-state index in [1.807, 2.05) is 38.2 Å². The molecule has 29 heavy (non-hydrogen) atoms. The summed E-state index contributed by atoms with van der Waals surface area (Å²) in [5.74, 6) is 0.0744. The van der Waals surface area contributed by atoms with E-state index < -0.39 is 0 Å². The van der Waals surface area contributed by atoms with Crippen molar-refractivity contribution in [2.24, 2.45) is 7.05 Å². The minimum absolute atomic E-state index is 0. The standard InChI is InChI=1S/C20H24ClN5OS.CH4/c1-12-15-16(14-10-22-25(4)11-14)18(28-19(15)23-13(2)17(12)21)20(27)26-7-5-6-24(3)8-9-26;/h10-11H,5-9H2,1-4H3;1H4. The number of nitrogens with zero attached hydrogens (tertiary/aromatic N) is 5. The molecule has 4 rings (SSSR count). The zero-order valence-corrected chi connectivity index (χ0v) is 18.2. The number of thiophene rings is 1. The highest BCUT2D eigenvalue weighted by molar-refractivity contribution is 7.21. The van der Waals surface area contributed by atoms with Gasteiger partial charge in [-0.05, 0) is 39.4 Å². The van der Waals surface area contributed by atoms with Gasteiger partial charge in [-0.2, -0.15) is 5.10 Å². The fourth-order valence-corrected chi connectivity index (χ4v) is 5.21. The first-order valence-corrected chi connectivity index (χ1v) is 10.6. The van der Waals surface area contributed by atoms with Crippen molar-refractivity contribution in [2.45, 2.75) is 27.7 Å². The van der Waals surface area contributed by atoms with Crippen LogP contribution in [-0.2, 0) is 7.05 Å². The van der Waals surface area contributed by atoms with Crippen LogP contribution in [0.25, 0.3) is 21.3 Å². The molecular formula is C21H28ClN5OS. The van der Waals surface area contributed by atoms with Gasteiger partial charge in [-0.1, -0.05) is 19.0 Å². The van der Waals surface area contributed by atoms with Gasteiger partial charge in [0.05, 0.1) is 16.9 Å². The van der Waals surface area contributed by atoms with Crippen LogP contribution in [0.2, 0.25) is 5.02 Å². The van der Waals surface area contributed by atoms with E-state index in [0.717, 1.165) is 70.1 Å². The molecule has 3 aromatic rings. The van der Waals surface area contributed by atoms with Crippen LogP contribution in [0.4, 0.5) is 0 Å². The lowest BCUT2D eigenvalue weighted by molar-refractivity contribution is 0.0768. The zero-order valence-electron chi connectivity index (χ0n) is 16.6. The Bertz CT molecular complexity index is 1060. The number of halogens is 1. The molecule has 0 atom stereocenters. The number of aryl methyl sites for hydroxylation is 3. The Morgan fingerprint density at radius 1 is 1.17 bits per heavy atom. The number of carbonyl (C=O) groups is 1. The molecule has 1 aliphatic heterocycles. The second-order valence-electron chi connectivity index (χ2n) is 7.47. The molecule has 0 saturated carbocycles. The van der Waals surface area contributed by atoms with Crippen molar-refractivity contribution in [1.82, 2.24) is 24.6 Å². The second-order valence-corrected chi connectivity index (χ2v) is 8.85. The van der Waals surface area contributed by atoms with E-state index in [0.29, 0.717) is 5.02 Å². The molecule has 0 bridgehead atoms. The van der Waals surface area contributed by atoms with E-state index in [1.54, 1.807) is 4.68 Å². The average molecular weight is 434 g/mol.